The van der Waals surface area contributed by atoms with Gasteiger partial charge in [-0.15, -0.1) is 0 Å². The normalized spacial score (nSPS) is 18.4. The van der Waals surface area contributed by atoms with Crippen LogP contribution in [-0.4, -0.2) is 37.0 Å². The second-order valence-corrected chi connectivity index (χ2v) is 9.10. The molecule has 0 aromatic heterocycles. The molecule has 2 rings (SSSR count). The zero-order valence-corrected chi connectivity index (χ0v) is 15.4. The van der Waals surface area contributed by atoms with Gasteiger partial charge in [-0.25, -0.2) is 8.42 Å². The van der Waals surface area contributed by atoms with Crippen LogP contribution in [0.5, 0.6) is 0 Å². The van der Waals surface area contributed by atoms with Gasteiger partial charge in [0.1, 0.15) is 4.90 Å². The molecule has 0 aliphatic heterocycles. The number of halogens is 3. The van der Waals surface area contributed by atoms with Crippen molar-refractivity contribution >= 4 is 49.2 Å². The van der Waals surface area contributed by atoms with Crippen LogP contribution in [-0.2, 0) is 10.0 Å². The van der Waals surface area contributed by atoms with Crippen molar-refractivity contribution in [3.63, 3.8) is 0 Å². The van der Waals surface area contributed by atoms with Crippen LogP contribution in [0.3, 0.4) is 0 Å². The molecule has 0 unspecified atom stereocenters. The molecule has 0 atom stereocenters. The number of rotatable bonds is 4. The number of hydrogen-bond acceptors (Lipinski definition) is 3. The van der Waals surface area contributed by atoms with E-state index in [1.165, 1.54) is 19.2 Å². The van der Waals surface area contributed by atoms with Gasteiger partial charge < -0.3 is 5.11 Å². The molecule has 21 heavy (non-hydrogen) atoms. The predicted molar refractivity (Wildman–Crippen MR) is 87.4 cm³/mol. The highest BCUT2D eigenvalue weighted by Gasteiger charge is 2.37. The van der Waals surface area contributed by atoms with Crippen molar-refractivity contribution < 1.29 is 13.5 Å². The molecule has 1 saturated carbocycles. The molecule has 4 nitrogen and oxygen atoms in total. The van der Waals surface area contributed by atoms with Gasteiger partial charge in [-0.2, -0.15) is 4.31 Å². The molecule has 0 heterocycles. The second kappa shape index (κ2) is 6.34. The van der Waals surface area contributed by atoms with Gasteiger partial charge in [0.15, 0.2) is 0 Å². The highest BCUT2D eigenvalue weighted by atomic mass is 79.9. The van der Waals surface area contributed by atoms with Crippen LogP contribution in [0.1, 0.15) is 25.7 Å². The highest BCUT2D eigenvalue weighted by molar-refractivity contribution is 9.10. The van der Waals surface area contributed by atoms with Crippen molar-refractivity contribution in [1.82, 2.24) is 4.31 Å². The molecule has 8 heteroatoms. The zero-order valence-electron chi connectivity index (χ0n) is 11.4. The van der Waals surface area contributed by atoms with Crippen LogP contribution in [0.25, 0.3) is 0 Å². The van der Waals surface area contributed by atoms with E-state index in [-0.39, 0.29) is 21.5 Å². The van der Waals surface area contributed by atoms with E-state index < -0.39 is 15.6 Å². The summed E-state index contributed by atoms with van der Waals surface area (Å²) in [5.41, 5.74) is -0.962. The standard InChI is InChI=1S/C13H16BrCl2NO3S/c1-17(8-13(18)4-2-3-5-13)21(19,20)12-10(15)6-9(14)7-11(12)16/h6-7,18H,2-5,8H2,1H3. The smallest absolute Gasteiger partial charge is 0.245 e. The molecule has 0 saturated heterocycles. The minimum atomic E-state index is -3.85. The molecule has 0 radical (unpaired) electrons. The van der Waals surface area contributed by atoms with Gasteiger partial charge in [-0.3, -0.25) is 0 Å². The van der Waals surface area contributed by atoms with E-state index in [4.69, 9.17) is 23.2 Å². The number of aliphatic hydroxyl groups is 1. The Morgan fingerprint density at radius 3 is 2.24 bits per heavy atom. The number of nitrogens with zero attached hydrogens (tertiary/aromatic N) is 1. The lowest BCUT2D eigenvalue weighted by Gasteiger charge is -2.28. The summed E-state index contributed by atoms with van der Waals surface area (Å²) in [6.45, 7) is 0.0397. The Labute approximate surface area is 143 Å². The molecule has 1 aliphatic carbocycles. The van der Waals surface area contributed by atoms with Gasteiger partial charge in [0.25, 0.3) is 0 Å². The summed E-state index contributed by atoms with van der Waals surface area (Å²) in [5, 5.41) is 10.5. The van der Waals surface area contributed by atoms with Crippen molar-refractivity contribution in [3.05, 3.63) is 26.7 Å². The molecule has 1 aromatic rings. The molecule has 118 valence electrons. The Morgan fingerprint density at radius 1 is 1.29 bits per heavy atom. The van der Waals surface area contributed by atoms with Crippen LogP contribution >= 0.6 is 39.1 Å². The third-order valence-electron chi connectivity index (χ3n) is 3.68. The third kappa shape index (κ3) is 3.74. The maximum Gasteiger partial charge on any atom is 0.245 e. The van der Waals surface area contributed by atoms with Crippen molar-refractivity contribution in [2.45, 2.75) is 36.2 Å². The van der Waals surface area contributed by atoms with E-state index in [9.17, 15) is 13.5 Å². The Bertz CT molecular complexity index is 622. The molecular formula is C13H16BrCl2NO3S. The van der Waals surface area contributed by atoms with E-state index >= 15 is 0 Å². The van der Waals surface area contributed by atoms with E-state index in [1.54, 1.807) is 0 Å². The zero-order chi connectivity index (χ0) is 15.8. The summed E-state index contributed by atoms with van der Waals surface area (Å²) >= 11 is 15.3. The van der Waals surface area contributed by atoms with Crippen LogP contribution < -0.4 is 0 Å². The average molecular weight is 417 g/mol. The SMILES string of the molecule is CN(CC1(O)CCCC1)S(=O)(=O)c1c(Cl)cc(Br)cc1Cl. The monoisotopic (exact) mass is 415 g/mol. The van der Waals surface area contributed by atoms with Crippen molar-refractivity contribution in [2.75, 3.05) is 13.6 Å². The molecule has 0 spiro atoms. The van der Waals surface area contributed by atoms with Gasteiger partial charge in [0.05, 0.1) is 15.6 Å². The fourth-order valence-corrected chi connectivity index (χ4v) is 5.75. The maximum absolute atomic E-state index is 12.6. The molecule has 1 fully saturated rings. The Morgan fingerprint density at radius 2 is 1.76 bits per heavy atom. The lowest BCUT2D eigenvalue weighted by molar-refractivity contribution is 0.0333. The Kier molecular flexibility index (Phi) is 5.28. The Balaban J connectivity index is 2.34. The highest BCUT2D eigenvalue weighted by Crippen LogP contribution is 2.36. The van der Waals surface area contributed by atoms with Gasteiger partial charge in [-0.05, 0) is 25.0 Å². The number of likely N-dealkylation sites (N-methyl/N-ethyl adjacent to an activating group) is 1. The third-order valence-corrected chi connectivity index (χ3v) is 6.87. The van der Waals surface area contributed by atoms with Gasteiger partial charge >= 0.3 is 0 Å². The topological polar surface area (TPSA) is 57.6 Å². The molecule has 0 amide bonds. The van der Waals surface area contributed by atoms with Crippen LogP contribution in [0, 0.1) is 0 Å². The fourth-order valence-electron chi connectivity index (χ4n) is 2.62. The average Bonchev–Trinajstić information content (AvgIpc) is 2.73. The maximum atomic E-state index is 12.6. The first kappa shape index (κ1) is 17.5. The van der Waals surface area contributed by atoms with Crippen LogP contribution in [0.2, 0.25) is 10.0 Å². The lowest BCUT2D eigenvalue weighted by Crippen LogP contribution is -2.42. The first-order chi connectivity index (χ1) is 9.66. The van der Waals surface area contributed by atoms with E-state index in [2.05, 4.69) is 15.9 Å². The van der Waals surface area contributed by atoms with Gasteiger partial charge in [0.2, 0.25) is 10.0 Å². The molecular weight excluding hydrogens is 401 g/mol. The van der Waals surface area contributed by atoms with E-state index in [0.717, 1.165) is 17.1 Å². The molecule has 0 bridgehead atoms. The van der Waals surface area contributed by atoms with Gasteiger partial charge in [-0.1, -0.05) is 52.0 Å². The van der Waals surface area contributed by atoms with Gasteiger partial charge in [0, 0.05) is 18.1 Å². The fraction of sp³-hybridized carbons (Fsp3) is 0.538. The quantitative estimate of drug-likeness (QED) is 0.814. The predicted octanol–water partition coefficient (Wildman–Crippen LogP) is 3.68. The second-order valence-electron chi connectivity index (χ2n) is 5.39. The van der Waals surface area contributed by atoms with Crippen LogP contribution in [0.15, 0.2) is 21.5 Å². The minimum Gasteiger partial charge on any atom is -0.389 e. The molecule has 1 aromatic carbocycles. The van der Waals surface area contributed by atoms with Crippen molar-refractivity contribution in [1.29, 1.82) is 0 Å². The van der Waals surface area contributed by atoms with Crippen molar-refractivity contribution in [2.24, 2.45) is 0 Å². The summed E-state index contributed by atoms with van der Waals surface area (Å²) < 4.78 is 27.0. The summed E-state index contributed by atoms with van der Waals surface area (Å²) in [7, 11) is -2.42. The minimum absolute atomic E-state index is 0.0397. The number of benzene rings is 1. The molecule has 1 aliphatic rings. The summed E-state index contributed by atoms with van der Waals surface area (Å²) in [4.78, 5) is -0.127. The van der Waals surface area contributed by atoms with Crippen LogP contribution in [0.4, 0.5) is 0 Å². The summed E-state index contributed by atoms with van der Waals surface area (Å²) in [5.74, 6) is 0. The lowest BCUT2D eigenvalue weighted by atomic mass is 10.0. The first-order valence-electron chi connectivity index (χ1n) is 6.49. The first-order valence-corrected chi connectivity index (χ1v) is 9.48. The van der Waals surface area contributed by atoms with E-state index in [0.29, 0.717) is 17.3 Å². The molecule has 1 N–H and O–H groups in total. The van der Waals surface area contributed by atoms with Crippen molar-refractivity contribution in [3.8, 4) is 0 Å². The number of hydrogen-bond donors (Lipinski definition) is 1. The summed E-state index contributed by atoms with van der Waals surface area (Å²) in [6, 6.07) is 2.97. The largest absolute Gasteiger partial charge is 0.389 e. The summed E-state index contributed by atoms with van der Waals surface area (Å²) in [6.07, 6.45) is 3.03. The Hall–Kier alpha value is 0.150. The number of sulfonamides is 1. The van der Waals surface area contributed by atoms with E-state index in [1.807, 2.05) is 0 Å².